The van der Waals surface area contributed by atoms with E-state index in [-0.39, 0.29) is 5.41 Å². The van der Waals surface area contributed by atoms with Gasteiger partial charge in [-0.05, 0) is 41.4 Å². The Bertz CT molecular complexity index is 595. The molecule has 0 heterocycles. The maximum atomic E-state index is 3.84. The molecule has 0 fully saturated rings. The highest BCUT2D eigenvalue weighted by molar-refractivity contribution is 5.75. The van der Waals surface area contributed by atoms with E-state index in [1.54, 1.807) is 5.57 Å². The Morgan fingerprint density at radius 1 is 1.09 bits per heavy atom. The third-order valence-corrected chi connectivity index (χ3v) is 5.40. The standard InChI is InChI=1S/C22H30/c1-7-10-20-21(4,5)19(15-16-22(20,6)9-3)18-13-11-17(8-2)12-14-18/h8,10-15H,2,7,9,16H2,1,3-6H3/b20-10-. The smallest absolute Gasteiger partial charge is 0.0113 e. The molecule has 1 aromatic carbocycles. The lowest BCUT2D eigenvalue weighted by Crippen LogP contribution is -2.33. The van der Waals surface area contributed by atoms with Crippen molar-refractivity contribution in [2.24, 2.45) is 10.8 Å². The van der Waals surface area contributed by atoms with Gasteiger partial charge in [-0.1, -0.05) is 89.3 Å². The first kappa shape index (κ1) is 16.8. The molecule has 0 aliphatic heterocycles. The normalized spacial score (nSPS) is 25.9. The van der Waals surface area contributed by atoms with Gasteiger partial charge in [-0.2, -0.15) is 0 Å². The Labute approximate surface area is 136 Å². The summed E-state index contributed by atoms with van der Waals surface area (Å²) >= 11 is 0. The predicted octanol–water partition coefficient (Wildman–Crippen LogP) is 6.90. The fourth-order valence-electron chi connectivity index (χ4n) is 3.91. The van der Waals surface area contributed by atoms with E-state index in [0.717, 1.165) is 12.8 Å². The third-order valence-electron chi connectivity index (χ3n) is 5.40. The lowest BCUT2D eigenvalue weighted by molar-refractivity contribution is 0.310. The number of rotatable bonds is 4. The van der Waals surface area contributed by atoms with Gasteiger partial charge in [0.15, 0.2) is 0 Å². The van der Waals surface area contributed by atoms with E-state index in [0.29, 0.717) is 5.41 Å². The summed E-state index contributed by atoms with van der Waals surface area (Å²) in [5.41, 5.74) is 5.99. The van der Waals surface area contributed by atoms with Crippen LogP contribution in [0, 0.1) is 10.8 Å². The summed E-state index contributed by atoms with van der Waals surface area (Å²) in [7, 11) is 0. The molecule has 0 saturated heterocycles. The molecule has 1 aliphatic carbocycles. The summed E-state index contributed by atoms with van der Waals surface area (Å²) in [6, 6.07) is 8.80. The first-order valence-corrected chi connectivity index (χ1v) is 8.53. The third kappa shape index (κ3) is 2.84. The van der Waals surface area contributed by atoms with Crippen molar-refractivity contribution in [3.8, 4) is 0 Å². The summed E-state index contributed by atoms with van der Waals surface area (Å²) in [5.74, 6) is 0. The summed E-state index contributed by atoms with van der Waals surface area (Å²) in [5, 5.41) is 0. The van der Waals surface area contributed by atoms with Crippen LogP contribution in [0.2, 0.25) is 0 Å². The van der Waals surface area contributed by atoms with E-state index in [2.05, 4.69) is 77.6 Å². The molecule has 118 valence electrons. The van der Waals surface area contributed by atoms with Crippen LogP contribution in [0.1, 0.15) is 65.0 Å². The van der Waals surface area contributed by atoms with Gasteiger partial charge in [0.2, 0.25) is 0 Å². The highest BCUT2D eigenvalue weighted by Gasteiger charge is 2.41. The Balaban J connectivity index is 2.52. The highest BCUT2D eigenvalue weighted by Crippen LogP contribution is 2.55. The molecule has 0 heteroatoms. The molecule has 0 spiro atoms. The molecule has 0 bridgehead atoms. The van der Waals surface area contributed by atoms with Crippen molar-refractivity contribution in [2.75, 3.05) is 0 Å². The second-order valence-corrected chi connectivity index (χ2v) is 7.21. The lowest BCUT2D eigenvalue weighted by Gasteiger charge is -2.46. The molecular weight excluding hydrogens is 264 g/mol. The van der Waals surface area contributed by atoms with Gasteiger partial charge < -0.3 is 0 Å². The molecule has 0 radical (unpaired) electrons. The van der Waals surface area contributed by atoms with Crippen molar-refractivity contribution >= 4 is 11.6 Å². The predicted molar refractivity (Wildman–Crippen MR) is 99.7 cm³/mol. The van der Waals surface area contributed by atoms with Crippen LogP contribution in [-0.2, 0) is 0 Å². The maximum absolute atomic E-state index is 3.84. The Hall–Kier alpha value is -1.56. The summed E-state index contributed by atoms with van der Waals surface area (Å²) in [6.07, 6.45) is 10.3. The summed E-state index contributed by atoms with van der Waals surface area (Å²) < 4.78 is 0. The van der Waals surface area contributed by atoms with Gasteiger partial charge in [0, 0.05) is 5.41 Å². The van der Waals surface area contributed by atoms with Crippen LogP contribution in [0.3, 0.4) is 0 Å². The van der Waals surface area contributed by atoms with Crippen molar-refractivity contribution in [1.82, 2.24) is 0 Å². The van der Waals surface area contributed by atoms with Gasteiger partial charge in [-0.3, -0.25) is 0 Å². The van der Waals surface area contributed by atoms with Crippen molar-refractivity contribution in [3.63, 3.8) is 0 Å². The van der Waals surface area contributed by atoms with E-state index in [1.807, 2.05) is 6.08 Å². The van der Waals surface area contributed by atoms with Gasteiger partial charge in [0.1, 0.15) is 0 Å². The van der Waals surface area contributed by atoms with Crippen LogP contribution >= 0.6 is 0 Å². The average Bonchev–Trinajstić information content (AvgIpc) is 2.51. The first-order valence-electron chi connectivity index (χ1n) is 8.53. The Morgan fingerprint density at radius 2 is 1.73 bits per heavy atom. The van der Waals surface area contributed by atoms with Crippen molar-refractivity contribution in [3.05, 3.63) is 59.7 Å². The van der Waals surface area contributed by atoms with Crippen LogP contribution in [-0.4, -0.2) is 0 Å². The topological polar surface area (TPSA) is 0 Å². The van der Waals surface area contributed by atoms with Crippen LogP contribution < -0.4 is 0 Å². The molecule has 0 nitrogen and oxygen atoms in total. The molecule has 0 saturated carbocycles. The fourth-order valence-corrected chi connectivity index (χ4v) is 3.91. The minimum Gasteiger partial charge on any atom is -0.0985 e. The number of benzene rings is 1. The highest BCUT2D eigenvalue weighted by atomic mass is 14.5. The molecule has 1 aliphatic rings. The quantitative estimate of drug-likeness (QED) is 0.530. The molecule has 1 aromatic rings. The number of hydrogen-bond acceptors (Lipinski definition) is 0. The minimum atomic E-state index is 0.0920. The number of hydrogen-bond donors (Lipinski definition) is 0. The largest absolute Gasteiger partial charge is 0.0985 e. The van der Waals surface area contributed by atoms with E-state index in [4.69, 9.17) is 0 Å². The molecule has 0 aromatic heterocycles. The van der Waals surface area contributed by atoms with Crippen LogP contribution in [0.5, 0.6) is 0 Å². The van der Waals surface area contributed by atoms with E-state index in [9.17, 15) is 0 Å². The summed E-state index contributed by atoms with van der Waals surface area (Å²) in [6.45, 7) is 15.6. The van der Waals surface area contributed by atoms with Crippen LogP contribution in [0.25, 0.3) is 11.6 Å². The molecule has 2 rings (SSSR count). The van der Waals surface area contributed by atoms with E-state index in [1.165, 1.54) is 23.1 Å². The molecule has 22 heavy (non-hydrogen) atoms. The maximum Gasteiger partial charge on any atom is 0.0113 e. The average molecular weight is 294 g/mol. The monoisotopic (exact) mass is 294 g/mol. The number of allylic oxidation sites excluding steroid dienone is 4. The zero-order valence-electron chi connectivity index (χ0n) is 14.9. The molecular formula is C22H30. The Morgan fingerprint density at radius 3 is 2.23 bits per heavy atom. The van der Waals surface area contributed by atoms with Gasteiger partial charge >= 0.3 is 0 Å². The summed E-state index contributed by atoms with van der Waals surface area (Å²) in [4.78, 5) is 0. The van der Waals surface area contributed by atoms with Crippen LogP contribution in [0.4, 0.5) is 0 Å². The van der Waals surface area contributed by atoms with Crippen molar-refractivity contribution < 1.29 is 0 Å². The van der Waals surface area contributed by atoms with Gasteiger partial charge in [-0.15, -0.1) is 0 Å². The lowest BCUT2D eigenvalue weighted by atomic mass is 9.58. The fraction of sp³-hybridized carbons (Fsp3) is 0.455. The Kier molecular flexibility index (Phi) is 4.80. The van der Waals surface area contributed by atoms with E-state index < -0.39 is 0 Å². The van der Waals surface area contributed by atoms with Crippen molar-refractivity contribution in [2.45, 2.75) is 53.9 Å². The van der Waals surface area contributed by atoms with Gasteiger partial charge in [0.25, 0.3) is 0 Å². The van der Waals surface area contributed by atoms with E-state index >= 15 is 0 Å². The molecule has 0 N–H and O–H groups in total. The zero-order valence-corrected chi connectivity index (χ0v) is 14.9. The molecule has 0 amide bonds. The van der Waals surface area contributed by atoms with Crippen molar-refractivity contribution in [1.29, 1.82) is 0 Å². The molecule has 1 unspecified atom stereocenters. The second kappa shape index (κ2) is 6.28. The minimum absolute atomic E-state index is 0.0920. The van der Waals surface area contributed by atoms with Gasteiger partial charge in [0.05, 0.1) is 0 Å². The molecule has 1 atom stereocenters. The zero-order chi connectivity index (χ0) is 16.4. The second-order valence-electron chi connectivity index (χ2n) is 7.21. The van der Waals surface area contributed by atoms with Gasteiger partial charge in [-0.25, -0.2) is 0 Å². The SMILES string of the molecule is C=Cc1ccc(C2=CCC(C)(CC)/C(=C\CC)C2(C)C)cc1. The van der Waals surface area contributed by atoms with Crippen LogP contribution in [0.15, 0.2) is 48.6 Å². The first-order chi connectivity index (χ1) is 10.4.